The van der Waals surface area contributed by atoms with E-state index in [1.54, 1.807) is 7.11 Å². The van der Waals surface area contributed by atoms with Crippen molar-refractivity contribution < 1.29 is 4.74 Å². The zero-order chi connectivity index (χ0) is 14.5. The summed E-state index contributed by atoms with van der Waals surface area (Å²) in [7, 11) is 5.80. The summed E-state index contributed by atoms with van der Waals surface area (Å²) in [6, 6.07) is 16.3. The van der Waals surface area contributed by atoms with Gasteiger partial charge in [0.15, 0.2) is 0 Å². The van der Waals surface area contributed by atoms with Crippen molar-refractivity contribution in [2.24, 2.45) is 5.73 Å². The first-order valence-corrected chi connectivity index (χ1v) is 6.73. The van der Waals surface area contributed by atoms with E-state index in [9.17, 15) is 0 Å². The molecule has 0 aliphatic rings. The Balaban J connectivity index is 2.20. The third-order valence-corrected chi connectivity index (χ3v) is 3.28. The molecule has 106 valence electrons. The zero-order valence-corrected chi connectivity index (χ0v) is 12.3. The summed E-state index contributed by atoms with van der Waals surface area (Å²) in [5.74, 6) is 0.849. The third kappa shape index (κ3) is 3.59. The smallest absolute Gasteiger partial charge is 0.118 e. The van der Waals surface area contributed by atoms with Crippen LogP contribution in [0.3, 0.4) is 0 Å². The van der Waals surface area contributed by atoms with E-state index in [4.69, 9.17) is 10.5 Å². The fourth-order valence-corrected chi connectivity index (χ4v) is 2.25. The lowest BCUT2D eigenvalue weighted by molar-refractivity contribution is 0.402. The first-order chi connectivity index (χ1) is 9.60. The van der Waals surface area contributed by atoms with Crippen LogP contribution in [0.2, 0.25) is 0 Å². The number of nitrogens with two attached hydrogens (primary N) is 1. The van der Waals surface area contributed by atoms with Crippen molar-refractivity contribution in [3.63, 3.8) is 0 Å². The summed E-state index contributed by atoms with van der Waals surface area (Å²) in [6.07, 6.45) is 0. The molecule has 0 aliphatic heterocycles. The summed E-state index contributed by atoms with van der Waals surface area (Å²) in [5, 5.41) is 0. The molecule has 0 aromatic heterocycles. The quantitative estimate of drug-likeness (QED) is 0.908. The van der Waals surface area contributed by atoms with Crippen LogP contribution in [0.4, 0.5) is 0 Å². The molecule has 0 saturated carbocycles. The number of methoxy groups -OCH3 is 1. The third-order valence-electron chi connectivity index (χ3n) is 3.28. The molecule has 0 radical (unpaired) electrons. The van der Waals surface area contributed by atoms with Gasteiger partial charge in [-0.25, -0.2) is 0 Å². The Hall–Kier alpha value is -1.84. The highest BCUT2D eigenvalue weighted by atomic mass is 16.5. The van der Waals surface area contributed by atoms with Gasteiger partial charge in [0.05, 0.1) is 13.2 Å². The Morgan fingerprint density at radius 2 is 1.75 bits per heavy atom. The van der Waals surface area contributed by atoms with E-state index in [0.29, 0.717) is 0 Å². The number of nitrogens with zero attached hydrogens (tertiary/aromatic N) is 1. The van der Waals surface area contributed by atoms with Crippen LogP contribution >= 0.6 is 0 Å². The number of benzene rings is 2. The van der Waals surface area contributed by atoms with Gasteiger partial charge in [-0.1, -0.05) is 36.4 Å². The van der Waals surface area contributed by atoms with Gasteiger partial charge in [0.2, 0.25) is 0 Å². The van der Waals surface area contributed by atoms with E-state index in [1.807, 2.05) is 24.3 Å². The maximum atomic E-state index is 6.35. The molecule has 0 bridgehead atoms. The topological polar surface area (TPSA) is 38.5 Å². The Labute approximate surface area is 121 Å². The van der Waals surface area contributed by atoms with Gasteiger partial charge < -0.3 is 15.4 Å². The van der Waals surface area contributed by atoms with Crippen molar-refractivity contribution in [2.45, 2.75) is 12.6 Å². The predicted octanol–water partition coefficient (Wildman–Crippen LogP) is 2.80. The van der Waals surface area contributed by atoms with Gasteiger partial charge in [-0.15, -0.1) is 0 Å². The molecule has 0 heterocycles. The second kappa shape index (κ2) is 6.55. The van der Waals surface area contributed by atoms with E-state index in [2.05, 4.69) is 43.3 Å². The minimum Gasteiger partial charge on any atom is -0.497 e. The van der Waals surface area contributed by atoms with Crippen LogP contribution in [0.15, 0.2) is 48.5 Å². The predicted molar refractivity (Wildman–Crippen MR) is 82.9 cm³/mol. The van der Waals surface area contributed by atoms with Gasteiger partial charge in [-0.2, -0.15) is 0 Å². The molecule has 2 aromatic carbocycles. The molecule has 2 N–H and O–H groups in total. The largest absolute Gasteiger partial charge is 0.497 e. The number of hydrogen-bond acceptors (Lipinski definition) is 3. The summed E-state index contributed by atoms with van der Waals surface area (Å²) in [5.41, 5.74) is 9.85. The Morgan fingerprint density at radius 3 is 2.35 bits per heavy atom. The zero-order valence-electron chi connectivity index (χ0n) is 12.3. The summed E-state index contributed by atoms with van der Waals surface area (Å²) in [6.45, 7) is 0.920. The molecule has 1 unspecified atom stereocenters. The van der Waals surface area contributed by atoms with Crippen molar-refractivity contribution in [2.75, 3.05) is 21.2 Å². The van der Waals surface area contributed by atoms with Gasteiger partial charge in [0, 0.05) is 6.54 Å². The van der Waals surface area contributed by atoms with Crippen molar-refractivity contribution in [3.8, 4) is 5.75 Å². The van der Waals surface area contributed by atoms with Crippen molar-refractivity contribution in [1.82, 2.24) is 4.90 Å². The summed E-state index contributed by atoms with van der Waals surface area (Å²) in [4.78, 5) is 2.15. The normalized spacial score (nSPS) is 12.4. The van der Waals surface area contributed by atoms with Crippen LogP contribution in [0, 0.1) is 0 Å². The molecular weight excluding hydrogens is 248 g/mol. The highest BCUT2D eigenvalue weighted by Gasteiger charge is 2.09. The van der Waals surface area contributed by atoms with Crippen LogP contribution in [0.5, 0.6) is 5.75 Å². The fraction of sp³-hybridized carbons (Fsp3) is 0.294. The molecule has 3 nitrogen and oxygen atoms in total. The molecule has 0 spiro atoms. The highest BCUT2D eigenvalue weighted by Crippen LogP contribution is 2.22. The first kappa shape index (κ1) is 14.6. The van der Waals surface area contributed by atoms with Gasteiger partial charge in [-0.05, 0) is 42.9 Å². The molecule has 0 aliphatic carbocycles. The first-order valence-electron chi connectivity index (χ1n) is 6.73. The minimum atomic E-state index is -0.108. The Morgan fingerprint density at radius 1 is 1.05 bits per heavy atom. The second-order valence-corrected chi connectivity index (χ2v) is 5.23. The summed E-state index contributed by atoms with van der Waals surface area (Å²) >= 11 is 0. The minimum absolute atomic E-state index is 0.108. The van der Waals surface area contributed by atoms with Crippen molar-refractivity contribution >= 4 is 0 Å². The standard InChI is InChI=1S/C17H22N2O/c1-19(2)12-13-5-4-6-15(11-13)17(18)14-7-9-16(20-3)10-8-14/h4-11,17H,12,18H2,1-3H3. The molecule has 2 aromatic rings. The van der Waals surface area contributed by atoms with Crippen LogP contribution < -0.4 is 10.5 Å². The SMILES string of the molecule is COc1ccc(C(N)c2cccc(CN(C)C)c2)cc1. The lowest BCUT2D eigenvalue weighted by Crippen LogP contribution is -2.14. The lowest BCUT2D eigenvalue weighted by atomic mass is 9.98. The van der Waals surface area contributed by atoms with Crippen LogP contribution in [-0.2, 0) is 6.54 Å². The fourth-order valence-electron chi connectivity index (χ4n) is 2.25. The molecule has 2 rings (SSSR count). The van der Waals surface area contributed by atoms with E-state index in [1.165, 1.54) is 5.56 Å². The van der Waals surface area contributed by atoms with Crippen LogP contribution in [0.1, 0.15) is 22.7 Å². The van der Waals surface area contributed by atoms with Crippen LogP contribution in [-0.4, -0.2) is 26.1 Å². The van der Waals surface area contributed by atoms with Gasteiger partial charge >= 0.3 is 0 Å². The Bertz CT molecular complexity index is 549. The molecule has 1 atom stereocenters. The molecule has 0 amide bonds. The lowest BCUT2D eigenvalue weighted by Gasteiger charge is -2.16. The highest BCUT2D eigenvalue weighted by molar-refractivity contribution is 5.36. The molecule has 20 heavy (non-hydrogen) atoms. The van der Waals surface area contributed by atoms with E-state index in [0.717, 1.165) is 23.4 Å². The van der Waals surface area contributed by atoms with Crippen LogP contribution in [0.25, 0.3) is 0 Å². The Kier molecular flexibility index (Phi) is 4.77. The van der Waals surface area contributed by atoms with Gasteiger partial charge in [0.1, 0.15) is 5.75 Å². The second-order valence-electron chi connectivity index (χ2n) is 5.23. The van der Waals surface area contributed by atoms with Gasteiger partial charge in [0.25, 0.3) is 0 Å². The number of hydrogen-bond donors (Lipinski definition) is 1. The van der Waals surface area contributed by atoms with Crippen molar-refractivity contribution in [1.29, 1.82) is 0 Å². The van der Waals surface area contributed by atoms with E-state index in [-0.39, 0.29) is 6.04 Å². The molecular formula is C17H22N2O. The maximum absolute atomic E-state index is 6.35. The number of rotatable bonds is 5. The average molecular weight is 270 g/mol. The molecule has 0 fully saturated rings. The van der Waals surface area contributed by atoms with E-state index < -0.39 is 0 Å². The molecule has 3 heteroatoms. The summed E-state index contributed by atoms with van der Waals surface area (Å²) < 4.78 is 5.17. The van der Waals surface area contributed by atoms with E-state index >= 15 is 0 Å². The van der Waals surface area contributed by atoms with Gasteiger partial charge in [-0.3, -0.25) is 0 Å². The maximum Gasteiger partial charge on any atom is 0.118 e. The van der Waals surface area contributed by atoms with Crippen molar-refractivity contribution in [3.05, 3.63) is 65.2 Å². The molecule has 0 saturated heterocycles. The average Bonchev–Trinajstić information content (AvgIpc) is 2.46. The monoisotopic (exact) mass is 270 g/mol. The number of ether oxygens (including phenoxy) is 1.